The molecule has 116 valence electrons. The van der Waals surface area contributed by atoms with Gasteiger partial charge >= 0.3 is 0 Å². The van der Waals surface area contributed by atoms with Gasteiger partial charge in [-0.2, -0.15) is 4.98 Å². The van der Waals surface area contributed by atoms with Gasteiger partial charge in [0.2, 0.25) is 0 Å². The first-order valence-electron chi connectivity index (χ1n) is 6.98. The maximum absolute atomic E-state index is 6.34. The first kappa shape index (κ1) is 16.4. The van der Waals surface area contributed by atoms with Gasteiger partial charge in [-0.25, -0.2) is 4.98 Å². The van der Waals surface area contributed by atoms with Crippen LogP contribution in [0.25, 0.3) is 11.6 Å². The molecule has 2 heterocycles. The van der Waals surface area contributed by atoms with E-state index in [4.69, 9.17) is 10.3 Å². The first-order chi connectivity index (χ1) is 9.38. The van der Waals surface area contributed by atoms with E-state index in [1.54, 1.807) is 11.3 Å². The number of aromatic nitrogens is 3. The second-order valence-corrected chi connectivity index (χ2v) is 7.43. The topological polar surface area (TPSA) is 77.8 Å². The number of nitrogens with two attached hydrogens (primary N) is 1. The number of nitrogens with zero attached hydrogens (tertiary/aromatic N) is 3. The number of rotatable bonds is 2. The monoisotopic (exact) mass is 328 g/mol. The number of hydrogen-bond acceptors (Lipinski definition) is 6. The van der Waals surface area contributed by atoms with Gasteiger partial charge < -0.3 is 10.3 Å². The van der Waals surface area contributed by atoms with Crippen molar-refractivity contribution in [1.29, 1.82) is 0 Å². The average Bonchev–Trinajstić information content (AvgIpc) is 3.07. The Bertz CT molecular complexity index is 611. The molecule has 7 heteroatoms. The van der Waals surface area contributed by atoms with Crippen molar-refractivity contribution in [2.45, 2.75) is 57.4 Å². The lowest BCUT2D eigenvalue weighted by molar-refractivity contribution is 0.372. The van der Waals surface area contributed by atoms with Crippen LogP contribution in [0.4, 0.5) is 0 Å². The van der Waals surface area contributed by atoms with Gasteiger partial charge in [0.1, 0.15) is 5.69 Å². The second kappa shape index (κ2) is 5.66. The molecular weight excluding hydrogens is 308 g/mol. The SMILES string of the molecule is CC(C)(C)c1nc(-c2nc(C3(N)CCCC3)no2)cs1.Cl. The summed E-state index contributed by atoms with van der Waals surface area (Å²) in [5, 5.41) is 7.10. The minimum absolute atomic E-state index is 0. The van der Waals surface area contributed by atoms with Gasteiger partial charge in [0.15, 0.2) is 5.82 Å². The van der Waals surface area contributed by atoms with Crippen molar-refractivity contribution in [3.63, 3.8) is 0 Å². The van der Waals surface area contributed by atoms with Crippen LogP contribution in [-0.2, 0) is 11.0 Å². The van der Waals surface area contributed by atoms with Gasteiger partial charge in [0, 0.05) is 10.8 Å². The van der Waals surface area contributed by atoms with E-state index >= 15 is 0 Å². The molecule has 1 saturated carbocycles. The van der Waals surface area contributed by atoms with E-state index < -0.39 is 5.54 Å². The summed E-state index contributed by atoms with van der Waals surface area (Å²) < 4.78 is 5.36. The third kappa shape index (κ3) is 3.12. The van der Waals surface area contributed by atoms with E-state index in [2.05, 4.69) is 35.9 Å². The number of halogens is 1. The van der Waals surface area contributed by atoms with E-state index in [-0.39, 0.29) is 17.8 Å². The van der Waals surface area contributed by atoms with Gasteiger partial charge in [-0.05, 0) is 12.8 Å². The van der Waals surface area contributed by atoms with Crippen molar-refractivity contribution < 1.29 is 4.52 Å². The van der Waals surface area contributed by atoms with E-state index in [1.165, 1.54) is 0 Å². The Hall–Kier alpha value is -0.980. The average molecular weight is 329 g/mol. The maximum atomic E-state index is 6.34. The van der Waals surface area contributed by atoms with Crippen molar-refractivity contribution in [2.24, 2.45) is 5.73 Å². The molecule has 0 amide bonds. The lowest BCUT2D eigenvalue weighted by atomic mass is 9.98. The molecule has 21 heavy (non-hydrogen) atoms. The van der Waals surface area contributed by atoms with Crippen LogP contribution < -0.4 is 5.73 Å². The van der Waals surface area contributed by atoms with Gasteiger partial charge in [0.05, 0.1) is 10.5 Å². The molecule has 0 atom stereocenters. The van der Waals surface area contributed by atoms with E-state index in [9.17, 15) is 0 Å². The third-order valence-corrected chi connectivity index (χ3v) is 5.00. The summed E-state index contributed by atoms with van der Waals surface area (Å²) >= 11 is 1.62. The van der Waals surface area contributed by atoms with Gasteiger partial charge in [-0.3, -0.25) is 0 Å². The molecule has 3 rings (SSSR count). The van der Waals surface area contributed by atoms with Crippen molar-refractivity contribution in [2.75, 3.05) is 0 Å². The Morgan fingerprint density at radius 2 is 1.90 bits per heavy atom. The number of hydrogen-bond donors (Lipinski definition) is 1. The van der Waals surface area contributed by atoms with Crippen molar-refractivity contribution >= 4 is 23.7 Å². The Kier molecular flexibility index (Phi) is 4.42. The van der Waals surface area contributed by atoms with Crippen molar-refractivity contribution in [3.05, 3.63) is 16.2 Å². The lowest BCUT2D eigenvalue weighted by Gasteiger charge is -2.17. The molecule has 0 aliphatic heterocycles. The van der Waals surface area contributed by atoms with E-state index in [1.807, 2.05) is 5.38 Å². The van der Waals surface area contributed by atoms with Crippen LogP contribution in [0.3, 0.4) is 0 Å². The van der Waals surface area contributed by atoms with E-state index in [0.717, 1.165) is 36.4 Å². The van der Waals surface area contributed by atoms with Crippen LogP contribution in [0.5, 0.6) is 0 Å². The fourth-order valence-electron chi connectivity index (χ4n) is 2.48. The molecule has 2 aromatic rings. The summed E-state index contributed by atoms with van der Waals surface area (Å²) in [6, 6.07) is 0. The zero-order valence-corrected chi connectivity index (χ0v) is 14.2. The molecule has 2 aromatic heterocycles. The molecule has 0 bridgehead atoms. The maximum Gasteiger partial charge on any atom is 0.277 e. The molecule has 1 aliphatic rings. The van der Waals surface area contributed by atoms with Crippen molar-refractivity contribution in [3.8, 4) is 11.6 Å². The molecule has 1 fully saturated rings. The van der Waals surface area contributed by atoms with Crippen LogP contribution in [0.2, 0.25) is 0 Å². The lowest BCUT2D eigenvalue weighted by Crippen LogP contribution is -2.34. The van der Waals surface area contributed by atoms with Gasteiger partial charge in [-0.15, -0.1) is 23.7 Å². The Labute approximate surface area is 134 Å². The highest BCUT2D eigenvalue weighted by Gasteiger charge is 2.36. The predicted molar refractivity (Wildman–Crippen MR) is 85.7 cm³/mol. The largest absolute Gasteiger partial charge is 0.332 e. The molecule has 0 unspecified atom stereocenters. The Morgan fingerprint density at radius 3 is 2.48 bits per heavy atom. The second-order valence-electron chi connectivity index (χ2n) is 6.57. The highest BCUT2D eigenvalue weighted by atomic mass is 35.5. The van der Waals surface area contributed by atoms with Crippen LogP contribution in [0, 0.1) is 0 Å². The summed E-state index contributed by atoms with van der Waals surface area (Å²) in [5.41, 5.74) is 6.72. The minimum Gasteiger partial charge on any atom is -0.332 e. The molecule has 0 aromatic carbocycles. The molecule has 0 spiro atoms. The first-order valence-corrected chi connectivity index (χ1v) is 7.86. The minimum atomic E-state index is -0.412. The summed E-state index contributed by atoms with van der Waals surface area (Å²) in [6.45, 7) is 6.42. The standard InChI is InChI=1S/C14H20N4OS.ClH/c1-13(2,3)12-16-9(8-20-12)10-17-11(18-19-10)14(15)6-4-5-7-14;/h8H,4-7,15H2,1-3H3;1H. The fraction of sp³-hybridized carbons (Fsp3) is 0.643. The van der Waals surface area contributed by atoms with Crippen molar-refractivity contribution in [1.82, 2.24) is 15.1 Å². The third-order valence-electron chi connectivity index (χ3n) is 3.73. The van der Waals surface area contributed by atoms with E-state index in [0.29, 0.717) is 11.7 Å². The summed E-state index contributed by atoms with van der Waals surface area (Å²) in [4.78, 5) is 9.07. The molecule has 0 saturated heterocycles. The van der Waals surface area contributed by atoms with Crippen LogP contribution >= 0.6 is 23.7 Å². The molecule has 1 aliphatic carbocycles. The van der Waals surface area contributed by atoms with Crippen LogP contribution in [-0.4, -0.2) is 15.1 Å². The predicted octanol–water partition coefficient (Wildman–Crippen LogP) is 3.64. The highest BCUT2D eigenvalue weighted by Crippen LogP contribution is 2.36. The quantitative estimate of drug-likeness (QED) is 0.910. The highest BCUT2D eigenvalue weighted by molar-refractivity contribution is 7.10. The zero-order chi connectivity index (χ0) is 14.4. The smallest absolute Gasteiger partial charge is 0.277 e. The Balaban J connectivity index is 0.00000161. The van der Waals surface area contributed by atoms with Crippen LogP contribution in [0.1, 0.15) is 57.3 Å². The fourth-order valence-corrected chi connectivity index (χ4v) is 3.36. The molecule has 0 radical (unpaired) electrons. The summed E-state index contributed by atoms with van der Waals surface area (Å²) in [5.74, 6) is 1.10. The molecular formula is C14H21ClN4OS. The molecule has 5 nitrogen and oxygen atoms in total. The zero-order valence-electron chi connectivity index (χ0n) is 12.5. The summed E-state index contributed by atoms with van der Waals surface area (Å²) in [7, 11) is 0. The summed E-state index contributed by atoms with van der Waals surface area (Å²) in [6.07, 6.45) is 4.11. The van der Waals surface area contributed by atoms with Crippen LogP contribution in [0.15, 0.2) is 9.90 Å². The van der Waals surface area contributed by atoms with Gasteiger partial charge in [0.25, 0.3) is 5.89 Å². The molecule has 2 N–H and O–H groups in total. The van der Waals surface area contributed by atoms with Gasteiger partial charge in [-0.1, -0.05) is 38.8 Å². The normalized spacial score (nSPS) is 17.7. The number of thiazole rings is 1. The Morgan fingerprint density at radius 1 is 1.24 bits per heavy atom.